The minimum absolute atomic E-state index is 0.485. The van der Waals surface area contributed by atoms with E-state index in [2.05, 4.69) is 47.3 Å². The van der Waals surface area contributed by atoms with Gasteiger partial charge in [-0.15, -0.1) is 0 Å². The number of nitrogens with one attached hydrogen (secondary N) is 2. The van der Waals surface area contributed by atoms with Gasteiger partial charge in [-0.05, 0) is 44.5 Å². The second-order valence-electron chi connectivity index (χ2n) is 5.25. The molecule has 1 heterocycles. The average Bonchev–Trinajstić information content (AvgIpc) is 2.83. The molecule has 0 spiro atoms. The standard InChI is InChI=1S/C16H25N3OS/c1-4-20-9-5-8-17-11-13(3)21-16-18-14-7-6-12(2)10-15(14)19-16/h6-7,10,13,17H,4-5,8-9,11H2,1-3H3,(H,18,19). The quantitative estimate of drug-likeness (QED) is 0.551. The van der Waals surface area contributed by atoms with E-state index in [1.165, 1.54) is 5.56 Å². The lowest BCUT2D eigenvalue weighted by molar-refractivity contribution is 0.145. The smallest absolute Gasteiger partial charge is 0.166 e. The second-order valence-corrected chi connectivity index (χ2v) is 6.67. The SMILES string of the molecule is CCOCCCNCC(C)Sc1nc2ccc(C)cc2[nH]1. The van der Waals surface area contributed by atoms with E-state index in [0.29, 0.717) is 5.25 Å². The van der Waals surface area contributed by atoms with Crippen molar-refractivity contribution in [3.05, 3.63) is 23.8 Å². The number of benzene rings is 1. The Morgan fingerprint density at radius 1 is 1.43 bits per heavy atom. The number of aromatic nitrogens is 2. The summed E-state index contributed by atoms with van der Waals surface area (Å²) < 4.78 is 5.32. The van der Waals surface area contributed by atoms with Gasteiger partial charge < -0.3 is 15.0 Å². The van der Waals surface area contributed by atoms with Crippen molar-refractivity contribution in [2.75, 3.05) is 26.3 Å². The fraction of sp³-hybridized carbons (Fsp3) is 0.562. The highest BCUT2D eigenvalue weighted by Gasteiger charge is 2.08. The molecule has 0 radical (unpaired) electrons. The predicted octanol–water partition coefficient (Wildman–Crippen LogP) is 3.37. The Morgan fingerprint density at radius 3 is 3.10 bits per heavy atom. The van der Waals surface area contributed by atoms with Gasteiger partial charge in [-0.3, -0.25) is 0 Å². The van der Waals surface area contributed by atoms with Crippen LogP contribution in [0.2, 0.25) is 0 Å². The van der Waals surface area contributed by atoms with E-state index in [1.807, 2.05) is 6.92 Å². The second kappa shape index (κ2) is 8.41. The fourth-order valence-electron chi connectivity index (χ4n) is 2.14. The number of rotatable bonds is 9. The third-order valence-electron chi connectivity index (χ3n) is 3.21. The number of ether oxygens (including phenoxy) is 1. The zero-order valence-corrected chi connectivity index (χ0v) is 13.9. The molecule has 1 aromatic heterocycles. The molecule has 1 aromatic carbocycles. The van der Waals surface area contributed by atoms with Crippen LogP contribution >= 0.6 is 11.8 Å². The number of nitrogens with zero attached hydrogens (tertiary/aromatic N) is 1. The van der Waals surface area contributed by atoms with Crippen LogP contribution < -0.4 is 5.32 Å². The minimum Gasteiger partial charge on any atom is -0.382 e. The highest BCUT2D eigenvalue weighted by molar-refractivity contribution is 7.99. The third-order valence-corrected chi connectivity index (χ3v) is 4.19. The lowest BCUT2D eigenvalue weighted by atomic mass is 10.2. The van der Waals surface area contributed by atoms with Gasteiger partial charge in [0.05, 0.1) is 11.0 Å². The predicted molar refractivity (Wildman–Crippen MR) is 90.1 cm³/mol. The maximum absolute atomic E-state index is 5.32. The van der Waals surface area contributed by atoms with E-state index in [0.717, 1.165) is 48.9 Å². The summed E-state index contributed by atoms with van der Waals surface area (Å²) in [5.74, 6) is 0. The number of fused-ring (bicyclic) bond motifs is 1. The zero-order valence-electron chi connectivity index (χ0n) is 13.1. The molecule has 1 atom stereocenters. The van der Waals surface area contributed by atoms with Crippen LogP contribution in [-0.2, 0) is 4.74 Å². The van der Waals surface area contributed by atoms with Gasteiger partial charge in [0.1, 0.15) is 0 Å². The van der Waals surface area contributed by atoms with Crippen LogP contribution in [0.25, 0.3) is 11.0 Å². The third kappa shape index (κ3) is 5.34. The van der Waals surface area contributed by atoms with Crippen molar-refractivity contribution in [1.29, 1.82) is 0 Å². The van der Waals surface area contributed by atoms with Crippen LogP contribution in [0.4, 0.5) is 0 Å². The Labute approximate surface area is 131 Å². The Bertz CT molecular complexity index is 555. The average molecular weight is 307 g/mol. The van der Waals surface area contributed by atoms with Gasteiger partial charge in [0.25, 0.3) is 0 Å². The van der Waals surface area contributed by atoms with Gasteiger partial charge in [-0.1, -0.05) is 24.8 Å². The molecule has 0 bridgehead atoms. The lowest BCUT2D eigenvalue weighted by Crippen LogP contribution is -2.24. The molecule has 5 heteroatoms. The van der Waals surface area contributed by atoms with Gasteiger partial charge >= 0.3 is 0 Å². The molecule has 2 aromatic rings. The minimum atomic E-state index is 0.485. The van der Waals surface area contributed by atoms with E-state index >= 15 is 0 Å². The summed E-state index contributed by atoms with van der Waals surface area (Å²) in [5, 5.41) is 4.95. The van der Waals surface area contributed by atoms with Gasteiger partial charge in [-0.2, -0.15) is 0 Å². The molecule has 2 rings (SSSR count). The monoisotopic (exact) mass is 307 g/mol. The highest BCUT2D eigenvalue weighted by Crippen LogP contribution is 2.23. The molecular formula is C16H25N3OS. The molecule has 0 aliphatic carbocycles. The van der Waals surface area contributed by atoms with E-state index in [4.69, 9.17) is 4.74 Å². The number of H-pyrrole nitrogens is 1. The van der Waals surface area contributed by atoms with Crippen molar-refractivity contribution in [3.8, 4) is 0 Å². The summed E-state index contributed by atoms with van der Waals surface area (Å²) in [6.07, 6.45) is 1.06. The van der Waals surface area contributed by atoms with Crippen molar-refractivity contribution >= 4 is 22.8 Å². The number of aromatic amines is 1. The maximum atomic E-state index is 5.32. The number of imidazole rings is 1. The Hall–Kier alpha value is -1.04. The Morgan fingerprint density at radius 2 is 2.29 bits per heavy atom. The molecule has 0 amide bonds. The Kier molecular flexibility index (Phi) is 6.54. The first-order chi connectivity index (χ1) is 10.2. The van der Waals surface area contributed by atoms with E-state index in [9.17, 15) is 0 Å². The highest BCUT2D eigenvalue weighted by atomic mass is 32.2. The molecular weight excluding hydrogens is 282 g/mol. The number of hydrogen-bond acceptors (Lipinski definition) is 4. The van der Waals surface area contributed by atoms with Crippen LogP contribution in [-0.4, -0.2) is 41.5 Å². The van der Waals surface area contributed by atoms with Crippen molar-refractivity contribution < 1.29 is 4.74 Å². The summed E-state index contributed by atoms with van der Waals surface area (Å²) in [6, 6.07) is 6.31. The topological polar surface area (TPSA) is 49.9 Å². The number of hydrogen-bond donors (Lipinski definition) is 2. The molecule has 0 saturated carbocycles. The number of aryl methyl sites for hydroxylation is 1. The molecule has 4 nitrogen and oxygen atoms in total. The van der Waals surface area contributed by atoms with E-state index < -0.39 is 0 Å². The summed E-state index contributed by atoms with van der Waals surface area (Å²) in [4.78, 5) is 8.01. The summed E-state index contributed by atoms with van der Waals surface area (Å²) in [6.45, 7) is 9.98. The van der Waals surface area contributed by atoms with Crippen LogP contribution in [0, 0.1) is 6.92 Å². The summed E-state index contributed by atoms with van der Waals surface area (Å²) >= 11 is 1.78. The van der Waals surface area contributed by atoms with Crippen LogP contribution in [0.5, 0.6) is 0 Å². The number of thioether (sulfide) groups is 1. The molecule has 21 heavy (non-hydrogen) atoms. The molecule has 2 N–H and O–H groups in total. The normalized spacial score (nSPS) is 12.9. The van der Waals surface area contributed by atoms with Crippen LogP contribution in [0.1, 0.15) is 25.8 Å². The molecule has 1 unspecified atom stereocenters. The van der Waals surface area contributed by atoms with Crippen molar-refractivity contribution in [3.63, 3.8) is 0 Å². The fourth-order valence-corrected chi connectivity index (χ4v) is 3.04. The van der Waals surface area contributed by atoms with Gasteiger partial charge in [0.15, 0.2) is 5.16 Å². The zero-order chi connectivity index (χ0) is 15.1. The van der Waals surface area contributed by atoms with Crippen LogP contribution in [0.15, 0.2) is 23.4 Å². The van der Waals surface area contributed by atoms with E-state index in [-0.39, 0.29) is 0 Å². The maximum Gasteiger partial charge on any atom is 0.166 e. The molecule has 0 aliphatic rings. The largest absolute Gasteiger partial charge is 0.382 e. The van der Waals surface area contributed by atoms with Gasteiger partial charge in [-0.25, -0.2) is 4.98 Å². The molecule has 0 fully saturated rings. The van der Waals surface area contributed by atoms with Crippen LogP contribution in [0.3, 0.4) is 0 Å². The van der Waals surface area contributed by atoms with Crippen molar-refractivity contribution in [1.82, 2.24) is 15.3 Å². The van der Waals surface area contributed by atoms with E-state index in [1.54, 1.807) is 11.8 Å². The lowest BCUT2D eigenvalue weighted by Gasteiger charge is -2.10. The van der Waals surface area contributed by atoms with Crippen molar-refractivity contribution in [2.24, 2.45) is 0 Å². The first-order valence-electron chi connectivity index (χ1n) is 7.60. The first-order valence-corrected chi connectivity index (χ1v) is 8.48. The molecule has 116 valence electrons. The van der Waals surface area contributed by atoms with Gasteiger partial charge in [0.2, 0.25) is 0 Å². The first kappa shape index (κ1) is 16.3. The molecule has 0 aliphatic heterocycles. The summed E-state index contributed by atoms with van der Waals surface area (Å²) in [7, 11) is 0. The molecule has 0 saturated heterocycles. The van der Waals surface area contributed by atoms with Gasteiger partial charge in [0, 0.05) is 25.0 Å². The Balaban J connectivity index is 1.74. The van der Waals surface area contributed by atoms with Crippen molar-refractivity contribution in [2.45, 2.75) is 37.6 Å². The summed E-state index contributed by atoms with van der Waals surface area (Å²) in [5.41, 5.74) is 3.42.